The highest BCUT2D eigenvalue weighted by Crippen LogP contribution is 2.33. The highest BCUT2D eigenvalue weighted by Gasteiger charge is 2.33. The van der Waals surface area contributed by atoms with E-state index >= 15 is 0 Å². The maximum absolute atomic E-state index is 11.3. The van der Waals surface area contributed by atoms with Crippen molar-refractivity contribution in [1.82, 2.24) is 10.2 Å². The molecule has 1 amide bonds. The molecule has 1 fully saturated rings. The third-order valence-electron chi connectivity index (χ3n) is 3.86. The van der Waals surface area contributed by atoms with E-state index in [2.05, 4.69) is 9.84 Å². The summed E-state index contributed by atoms with van der Waals surface area (Å²) in [5.74, 6) is 0.0587. The Morgan fingerprint density at radius 3 is 2.48 bits per heavy atom. The minimum atomic E-state index is -3.66. The first kappa shape index (κ1) is 26.2. The van der Waals surface area contributed by atoms with Crippen molar-refractivity contribution in [2.45, 2.75) is 51.9 Å². The number of ketones is 1. The second kappa shape index (κ2) is 13.4. The van der Waals surface area contributed by atoms with Crippen LogP contribution in [0.15, 0.2) is 0 Å². The zero-order valence-corrected chi connectivity index (χ0v) is 18.1. The van der Waals surface area contributed by atoms with Gasteiger partial charge in [-0.3, -0.25) is 9.59 Å². The molecule has 0 aromatic heterocycles. The molecule has 0 aromatic rings. The fraction of sp³-hybridized carbons (Fsp3) is 0.882. The van der Waals surface area contributed by atoms with Gasteiger partial charge in [-0.05, 0) is 20.9 Å². The summed E-state index contributed by atoms with van der Waals surface area (Å²) in [6.07, 6.45) is 0.971. The van der Waals surface area contributed by atoms with Gasteiger partial charge in [0.15, 0.2) is 0 Å². The minimum absolute atomic E-state index is 0.0258. The zero-order valence-electron chi connectivity index (χ0n) is 17.2. The summed E-state index contributed by atoms with van der Waals surface area (Å²) in [6.45, 7) is 7.86. The van der Waals surface area contributed by atoms with Gasteiger partial charge in [0.25, 0.3) is 0 Å². The summed E-state index contributed by atoms with van der Waals surface area (Å²) in [5, 5.41) is 2.95. The van der Waals surface area contributed by atoms with E-state index in [4.69, 9.17) is 9.47 Å². The molecule has 0 radical (unpaired) electrons. The molecular weight excluding hydrogens is 375 g/mol. The van der Waals surface area contributed by atoms with E-state index in [-0.39, 0.29) is 43.2 Å². The maximum atomic E-state index is 11.3. The van der Waals surface area contributed by atoms with Crippen molar-refractivity contribution in [2.24, 2.45) is 0 Å². The number of nitrogens with zero attached hydrogens (tertiary/aromatic N) is 1. The van der Waals surface area contributed by atoms with E-state index in [1.165, 1.54) is 6.92 Å². The first-order valence-electron chi connectivity index (χ1n) is 9.07. The number of likely N-dealkylation sites (N-methyl/N-ethyl adjacent to an activating group) is 1. The van der Waals surface area contributed by atoms with Gasteiger partial charge >= 0.3 is 0 Å². The van der Waals surface area contributed by atoms with E-state index in [0.717, 1.165) is 19.6 Å². The molecule has 27 heavy (non-hydrogen) atoms. The quantitative estimate of drug-likeness (QED) is 0.516. The monoisotopic (exact) mass is 409 g/mol. The average molecular weight is 409 g/mol. The van der Waals surface area contributed by atoms with E-state index in [1.54, 1.807) is 18.9 Å². The lowest BCUT2D eigenvalue weighted by molar-refractivity contribution is -0.199. The second-order valence-corrected chi connectivity index (χ2v) is 8.34. The second-order valence-electron chi connectivity index (χ2n) is 6.54. The van der Waals surface area contributed by atoms with E-state index in [1.807, 2.05) is 14.0 Å². The molecule has 10 heteroatoms. The van der Waals surface area contributed by atoms with Crippen LogP contribution >= 0.6 is 7.60 Å². The predicted molar refractivity (Wildman–Crippen MR) is 101 cm³/mol. The Morgan fingerprint density at radius 1 is 1.41 bits per heavy atom. The topological polar surface area (TPSA) is 117 Å². The fourth-order valence-electron chi connectivity index (χ4n) is 2.56. The zero-order chi connectivity index (χ0) is 21.0. The molecule has 0 aliphatic carbocycles. The van der Waals surface area contributed by atoms with Crippen LogP contribution in [-0.2, 0) is 28.2 Å². The van der Waals surface area contributed by atoms with Gasteiger partial charge in [-0.1, -0.05) is 6.92 Å². The molecule has 0 saturated carbocycles. The van der Waals surface area contributed by atoms with Gasteiger partial charge in [0.05, 0.1) is 25.4 Å². The normalized spacial score (nSPS) is 23.9. The molecule has 4 atom stereocenters. The van der Waals surface area contributed by atoms with Crippen LogP contribution in [0.3, 0.4) is 0 Å². The smallest absolute Gasteiger partial charge is 0.222 e. The van der Waals surface area contributed by atoms with Gasteiger partial charge < -0.3 is 33.7 Å². The lowest BCUT2D eigenvalue weighted by Gasteiger charge is -2.22. The summed E-state index contributed by atoms with van der Waals surface area (Å²) in [6, 6.07) is 0. The first-order valence-corrected chi connectivity index (χ1v) is 11.1. The number of Topliss-reactive ketones (excluding diaryl/α,β-unsaturated/α-hetero) is 1. The molecule has 1 saturated heterocycles. The molecule has 1 heterocycles. The molecular formula is C17H34N2O7P-. The molecule has 1 aliphatic heterocycles. The largest absolute Gasteiger partial charge is 0.779 e. The van der Waals surface area contributed by atoms with Crippen LogP contribution in [0, 0.1) is 0 Å². The van der Waals surface area contributed by atoms with E-state index in [0.29, 0.717) is 13.0 Å². The number of hydrogen-bond donors (Lipinski definition) is 1. The number of carbonyl (C=O) groups is 2. The Morgan fingerprint density at radius 2 is 2.04 bits per heavy atom. The van der Waals surface area contributed by atoms with Crippen molar-refractivity contribution in [3.63, 3.8) is 0 Å². The van der Waals surface area contributed by atoms with Gasteiger partial charge in [0, 0.05) is 39.7 Å². The van der Waals surface area contributed by atoms with Crippen molar-refractivity contribution < 1.29 is 33.0 Å². The Balaban J connectivity index is 0.000000503. The number of nitrogens with one attached hydrogen (secondary N) is 1. The Hall–Kier alpha value is -0.830. The van der Waals surface area contributed by atoms with Gasteiger partial charge in [0.1, 0.15) is 19.5 Å². The Bertz CT molecular complexity index is 498. The molecule has 160 valence electrons. The number of carbonyl (C=O) groups excluding carboxylic acids is 2. The molecule has 9 nitrogen and oxygen atoms in total. The number of ether oxygens (including phenoxy) is 2. The molecule has 0 aromatic carbocycles. The Labute approximate surface area is 162 Å². The van der Waals surface area contributed by atoms with Crippen molar-refractivity contribution in [3.05, 3.63) is 0 Å². The summed E-state index contributed by atoms with van der Waals surface area (Å²) in [7, 11) is -0.254. The van der Waals surface area contributed by atoms with Crippen LogP contribution in [0.2, 0.25) is 0 Å². The van der Waals surface area contributed by atoms with Crippen molar-refractivity contribution >= 4 is 19.3 Å². The summed E-state index contributed by atoms with van der Waals surface area (Å²) in [5.41, 5.74) is 0. The summed E-state index contributed by atoms with van der Waals surface area (Å²) >= 11 is 0. The number of rotatable bonds is 10. The predicted octanol–water partition coefficient (Wildman–Crippen LogP) is 0.412. The molecule has 0 bridgehead atoms. The van der Waals surface area contributed by atoms with E-state index in [9.17, 15) is 19.0 Å². The number of hydrogen-bond acceptors (Lipinski definition) is 8. The minimum Gasteiger partial charge on any atom is -0.779 e. The van der Waals surface area contributed by atoms with Crippen LogP contribution in [0.4, 0.5) is 0 Å². The standard InChI is InChI=1S/C9H18N2O2.C8H17O5P/c1-4-9(13)11(6-5-10-3)7-8(2)12;1-6-4-7(11-2)8(13-6)5-12-14(3,9)10/h10H,4-7H2,1-3H3;6-8H,4-5H2,1-3H3,(H,9,10)/p-1. The lowest BCUT2D eigenvalue weighted by atomic mass is 10.1. The van der Waals surface area contributed by atoms with Crippen molar-refractivity contribution in [2.75, 3.05) is 47.1 Å². The first-order chi connectivity index (χ1) is 12.5. The van der Waals surface area contributed by atoms with Crippen LogP contribution < -0.4 is 10.2 Å². The molecule has 1 N–H and O–H groups in total. The van der Waals surface area contributed by atoms with Crippen LogP contribution in [0.5, 0.6) is 0 Å². The number of amides is 1. The van der Waals surface area contributed by atoms with Crippen molar-refractivity contribution in [3.8, 4) is 0 Å². The summed E-state index contributed by atoms with van der Waals surface area (Å²) in [4.78, 5) is 34.5. The lowest BCUT2D eigenvalue weighted by Crippen LogP contribution is -2.38. The van der Waals surface area contributed by atoms with Gasteiger partial charge in [-0.2, -0.15) is 0 Å². The van der Waals surface area contributed by atoms with Gasteiger partial charge in [-0.25, -0.2) is 0 Å². The fourth-order valence-corrected chi connectivity index (χ4v) is 2.97. The third kappa shape index (κ3) is 12.3. The van der Waals surface area contributed by atoms with Crippen LogP contribution in [0.25, 0.3) is 0 Å². The molecule has 0 spiro atoms. The maximum Gasteiger partial charge on any atom is 0.222 e. The van der Waals surface area contributed by atoms with Crippen LogP contribution in [-0.4, -0.2) is 82.0 Å². The summed E-state index contributed by atoms with van der Waals surface area (Å²) < 4.78 is 26.1. The van der Waals surface area contributed by atoms with Crippen LogP contribution in [0.1, 0.15) is 33.6 Å². The highest BCUT2D eigenvalue weighted by atomic mass is 31.2. The average Bonchev–Trinajstić information content (AvgIpc) is 2.95. The molecule has 1 rings (SSSR count). The molecule has 4 unspecified atom stereocenters. The number of methoxy groups -OCH3 is 1. The van der Waals surface area contributed by atoms with Gasteiger partial charge in [-0.15, -0.1) is 0 Å². The van der Waals surface area contributed by atoms with Gasteiger partial charge in [0.2, 0.25) is 5.91 Å². The third-order valence-corrected chi connectivity index (χ3v) is 4.48. The Kier molecular flexibility index (Phi) is 13.0. The molecule has 1 aliphatic rings. The van der Waals surface area contributed by atoms with Crippen molar-refractivity contribution in [1.29, 1.82) is 0 Å². The van der Waals surface area contributed by atoms with E-state index < -0.39 is 7.60 Å². The highest BCUT2D eigenvalue weighted by molar-refractivity contribution is 7.50. The SMILES string of the molecule is CCC(=O)N(CCNC)CC(C)=O.COC1CC(C)OC1COP(C)(=O)[O-].